The predicted molar refractivity (Wildman–Crippen MR) is 69.9 cm³/mol. The normalized spacial score (nSPS) is 39.2. The van der Waals surface area contributed by atoms with Gasteiger partial charge in [-0.05, 0) is 65.7 Å². The van der Waals surface area contributed by atoms with Crippen molar-refractivity contribution in [2.45, 2.75) is 77.1 Å². The van der Waals surface area contributed by atoms with E-state index in [9.17, 15) is 5.11 Å². The van der Waals surface area contributed by atoms with Crippen LogP contribution in [0, 0.1) is 5.92 Å². The van der Waals surface area contributed by atoms with Crippen LogP contribution in [0.25, 0.3) is 0 Å². The maximum Gasteiger partial charge on any atom is 0.0865 e. The number of aliphatic hydroxyl groups is 1. The Labute approximate surface area is 105 Å². The van der Waals surface area contributed by atoms with Crippen molar-refractivity contribution >= 4 is 0 Å². The molecule has 2 aliphatic rings. The summed E-state index contributed by atoms with van der Waals surface area (Å²) in [4.78, 5) is 0. The summed E-state index contributed by atoms with van der Waals surface area (Å²) in [5, 5.41) is 10.1. The summed E-state index contributed by atoms with van der Waals surface area (Å²) in [6.07, 6.45) is 8.01. The van der Waals surface area contributed by atoms with E-state index in [0.29, 0.717) is 5.92 Å². The van der Waals surface area contributed by atoms with Gasteiger partial charge in [-0.1, -0.05) is 11.6 Å². The van der Waals surface area contributed by atoms with Crippen LogP contribution in [-0.4, -0.2) is 22.4 Å². The summed E-state index contributed by atoms with van der Waals surface area (Å²) in [6.45, 7) is 8.16. The summed E-state index contributed by atoms with van der Waals surface area (Å²) in [5.41, 5.74) is 0.780. The quantitative estimate of drug-likeness (QED) is 0.747. The maximum atomic E-state index is 10.1. The topological polar surface area (TPSA) is 29.5 Å². The second-order valence-corrected chi connectivity index (χ2v) is 6.63. The molecule has 1 fully saturated rings. The Morgan fingerprint density at radius 1 is 1.41 bits per heavy atom. The molecule has 0 aromatic rings. The van der Waals surface area contributed by atoms with Crippen molar-refractivity contribution in [1.29, 1.82) is 0 Å². The highest BCUT2D eigenvalue weighted by Gasteiger charge is 2.46. The Morgan fingerprint density at radius 3 is 2.59 bits per heavy atom. The molecule has 1 aliphatic heterocycles. The SMILES string of the molecule is CC1=CCC(C2(C)CCC(C(C)(C)O)O2)CC1. The van der Waals surface area contributed by atoms with Gasteiger partial charge in [0.2, 0.25) is 0 Å². The average molecular weight is 238 g/mol. The minimum atomic E-state index is -0.710. The highest BCUT2D eigenvalue weighted by Crippen LogP contribution is 2.44. The molecular weight excluding hydrogens is 212 g/mol. The van der Waals surface area contributed by atoms with Crippen molar-refractivity contribution in [3.8, 4) is 0 Å². The van der Waals surface area contributed by atoms with E-state index >= 15 is 0 Å². The zero-order valence-corrected chi connectivity index (χ0v) is 11.6. The fourth-order valence-corrected chi connectivity index (χ4v) is 3.18. The Bertz CT molecular complexity index is 313. The summed E-state index contributed by atoms with van der Waals surface area (Å²) in [6, 6.07) is 0. The molecule has 1 heterocycles. The molecule has 1 N–H and O–H groups in total. The molecule has 2 heteroatoms. The predicted octanol–water partition coefficient (Wildman–Crippen LogP) is 3.44. The second-order valence-electron chi connectivity index (χ2n) is 6.63. The number of hydrogen-bond acceptors (Lipinski definition) is 2. The number of hydrogen-bond donors (Lipinski definition) is 1. The van der Waals surface area contributed by atoms with Crippen LogP contribution in [0.3, 0.4) is 0 Å². The molecule has 3 atom stereocenters. The van der Waals surface area contributed by atoms with Gasteiger partial charge in [-0.15, -0.1) is 0 Å². The summed E-state index contributed by atoms with van der Waals surface area (Å²) >= 11 is 0. The Kier molecular flexibility index (Phi) is 3.39. The Hall–Kier alpha value is -0.340. The third-order valence-electron chi connectivity index (χ3n) is 4.60. The molecule has 0 saturated carbocycles. The van der Waals surface area contributed by atoms with E-state index in [2.05, 4.69) is 19.9 Å². The van der Waals surface area contributed by atoms with Crippen LogP contribution in [0.4, 0.5) is 0 Å². The molecule has 0 radical (unpaired) electrons. The lowest BCUT2D eigenvalue weighted by Crippen LogP contribution is -2.41. The van der Waals surface area contributed by atoms with Crippen LogP contribution < -0.4 is 0 Å². The van der Waals surface area contributed by atoms with Gasteiger partial charge in [0.1, 0.15) is 0 Å². The first-order chi connectivity index (χ1) is 7.81. The first kappa shape index (κ1) is 13.1. The van der Waals surface area contributed by atoms with Gasteiger partial charge in [-0.3, -0.25) is 0 Å². The zero-order chi connectivity index (χ0) is 12.7. The monoisotopic (exact) mass is 238 g/mol. The number of ether oxygens (including phenoxy) is 1. The van der Waals surface area contributed by atoms with E-state index in [4.69, 9.17) is 4.74 Å². The van der Waals surface area contributed by atoms with E-state index in [-0.39, 0.29) is 11.7 Å². The molecule has 0 aromatic heterocycles. The smallest absolute Gasteiger partial charge is 0.0865 e. The van der Waals surface area contributed by atoms with E-state index in [1.807, 2.05) is 13.8 Å². The van der Waals surface area contributed by atoms with Gasteiger partial charge in [0.25, 0.3) is 0 Å². The van der Waals surface area contributed by atoms with Crippen molar-refractivity contribution in [2.75, 3.05) is 0 Å². The molecule has 0 aromatic carbocycles. The first-order valence-corrected chi connectivity index (χ1v) is 6.87. The van der Waals surface area contributed by atoms with Gasteiger partial charge in [-0.25, -0.2) is 0 Å². The lowest BCUT2D eigenvalue weighted by Gasteiger charge is -2.37. The molecule has 3 unspecified atom stereocenters. The van der Waals surface area contributed by atoms with E-state index < -0.39 is 5.60 Å². The van der Waals surface area contributed by atoms with Crippen LogP contribution in [0.5, 0.6) is 0 Å². The van der Waals surface area contributed by atoms with Crippen LogP contribution in [0.15, 0.2) is 11.6 Å². The van der Waals surface area contributed by atoms with E-state index in [1.165, 1.54) is 18.4 Å². The summed E-state index contributed by atoms with van der Waals surface area (Å²) in [7, 11) is 0. The van der Waals surface area contributed by atoms with Crippen LogP contribution in [-0.2, 0) is 4.74 Å². The van der Waals surface area contributed by atoms with E-state index in [1.54, 1.807) is 0 Å². The van der Waals surface area contributed by atoms with Crippen LogP contribution in [0.1, 0.15) is 59.8 Å². The van der Waals surface area contributed by atoms with Gasteiger partial charge in [0.15, 0.2) is 0 Å². The molecule has 2 rings (SSSR count). The number of allylic oxidation sites excluding steroid dienone is 2. The van der Waals surface area contributed by atoms with Gasteiger partial charge in [-0.2, -0.15) is 0 Å². The Balaban J connectivity index is 2.02. The highest BCUT2D eigenvalue weighted by atomic mass is 16.5. The lowest BCUT2D eigenvalue weighted by atomic mass is 9.77. The van der Waals surface area contributed by atoms with Gasteiger partial charge >= 0.3 is 0 Å². The third kappa shape index (κ3) is 2.74. The van der Waals surface area contributed by atoms with Crippen molar-refractivity contribution in [3.63, 3.8) is 0 Å². The lowest BCUT2D eigenvalue weighted by molar-refractivity contribution is -0.135. The van der Waals surface area contributed by atoms with Crippen molar-refractivity contribution in [3.05, 3.63) is 11.6 Å². The maximum absolute atomic E-state index is 10.1. The Morgan fingerprint density at radius 2 is 2.12 bits per heavy atom. The fraction of sp³-hybridized carbons (Fsp3) is 0.867. The molecule has 1 aliphatic carbocycles. The van der Waals surface area contributed by atoms with Crippen LogP contribution in [0.2, 0.25) is 0 Å². The second kappa shape index (κ2) is 4.40. The minimum absolute atomic E-state index is 0.000460. The highest BCUT2D eigenvalue weighted by molar-refractivity contribution is 5.07. The van der Waals surface area contributed by atoms with Gasteiger partial charge < -0.3 is 9.84 Å². The van der Waals surface area contributed by atoms with Crippen LogP contribution >= 0.6 is 0 Å². The van der Waals surface area contributed by atoms with Gasteiger partial charge in [0.05, 0.1) is 17.3 Å². The largest absolute Gasteiger partial charge is 0.388 e. The molecule has 17 heavy (non-hydrogen) atoms. The molecule has 1 saturated heterocycles. The molecule has 0 spiro atoms. The molecule has 0 amide bonds. The number of rotatable bonds is 2. The molecule has 98 valence electrons. The zero-order valence-electron chi connectivity index (χ0n) is 11.6. The standard InChI is InChI=1S/C15H26O2/c1-11-5-7-12(8-6-11)15(4)10-9-13(17-15)14(2,3)16/h5,12-13,16H,6-10H2,1-4H3. The molecular formula is C15H26O2. The van der Waals surface area contributed by atoms with Crippen molar-refractivity contribution < 1.29 is 9.84 Å². The molecule has 0 bridgehead atoms. The van der Waals surface area contributed by atoms with Crippen molar-refractivity contribution in [1.82, 2.24) is 0 Å². The third-order valence-corrected chi connectivity index (χ3v) is 4.60. The molecule has 2 nitrogen and oxygen atoms in total. The first-order valence-electron chi connectivity index (χ1n) is 6.87. The minimum Gasteiger partial charge on any atom is -0.388 e. The average Bonchev–Trinajstić information content (AvgIpc) is 2.62. The van der Waals surface area contributed by atoms with Crippen molar-refractivity contribution in [2.24, 2.45) is 5.92 Å². The van der Waals surface area contributed by atoms with Gasteiger partial charge in [0, 0.05) is 0 Å². The van der Waals surface area contributed by atoms with E-state index in [0.717, 1.165) is 19.3 Å². The summed E-state index contributed by atoms with van der Waals surface area (Å²) in [5.74, 6) is 0.624. The summed E-state index contributed by atoms with van der Waals surface area (Å²) < 4.78 is 6.21. The fourth-order valence-electron chi connectivity index (χ4n) is 3.18.